The normalized spacial score (nSPS) is 12.9. The number of thiophene rings is 1. The summed E-state index contributed by atoms with van der Waals surface area (Å²) >= 11 is 9.37. The highest BCUT2D eigenvalue weighted by Crippen LogP contribution is 2.28. The van der Waals surface area contributed by atoms with Gasteiger partial charge in [0.15, 0.2) is 0 Å². The Bertz CT molecular complexity index is 478. The molecule has 0 aliphatic rings. The first-order chi connectivity index (χ1) is 8.19. The molecule has 0 saturated heterocycles. The molecule has 17 heavy (non-hydrogen) atoms. The summed E-state index contributed by atoms with van der Waals surface area (Å²) in [7, 11) is 0. The molecule has 0 aromatic carbocycles. The first-order valence-electron chi connectivity index (χ1n) is 5.59. The van der Waals surface area contributed by atoms with Crippen LogP contribution in [-0.2, 0) is 6.42 Å². The molecule has 2 aromatic heterocycles. The van der Waals surface area contributed by atoms with Crippen LogP contribution in [-0.4, -0.2) is 11.5 Å². The molecule has 0 bridgehead atoms. The van der Waals surface area contributed by atoms with Crippen LogP contribution in [0.3, 0.4) is 0 Å². The highest BCUT2D eigenvalue weighted by atomic mass is 35.5. The number of rotatable bonds is 5. The van der Waals surface area contributed by atoms with E-state index in [1.165, 1.54) is 9.75 Å². The fourth-order valence-electron chi connectivity index (χ4n) is 1.72. The summed E-state index contributed by atoms with van der Waals surface area (Å²) in [6, 6.07) is 4.41. The van der Waals surface area contributed by atoms with Crippen molar-refractivity contribution < 1.29 is 0 Å². The Labute approximate surface area is 115 Å². The second kappa shape index (κ2) is 5.96. The summed E-state index contributed by atoms with van der Waals surface area (Å²) < 4.78 is 0.857. The van der Waals surface area contributed by atoms with Gasteiger partial charge in [-0.15, -0.1) is 22.7 Å². The highest BCUT2D eigenvalue weighted by molar-refractivity contribution is 7.16. The van der Waals surface area contributed by atoms with Crippen LogP contribution in [0.15, 0.2) is 18.3 Å². The molecule has 0 amide bonds. The van der Waals surface area contributed by atoms with Gasteiger partial charge in [-0.05, 0) is 25.6 Å². The van der Waals surface area contributed by atoms with Crippen molar-refractivity contribution in [2.24, 2.45) is 0 Å². The monoisotopic (exact) mass is 286 g/mol. The molecule has 2 nitrogen and oxygen atoms in total. The van der Waals surface area contributed by atoms with Gasteiger partial charge in [-0.3, -0.25) is 0 Å². The Kier molecular flexibility index (Phi) is 4.56. The average Bonchev–Trinajstić information content (AvgIpc) is 2.87. The summed E-state index contributed by atoms with van der Waals surface area (Å²) in [5.74, 6) is 0. The molecule has 0 fully saturated rings. The molecule has 1 N–H and O–H groups in total. The summed E-state index contributed by atoms with van der Waals surface area (Å²) in [5.41, 5.74) is 0. The van der Waals surface area contributed by atoms with Gasteiger partial charge in [0, 0.05) is 28.4 Å². The van der Waals surface area contributed by atoms with Gasteiger partial charge < -0.3 is 5.32 Å². The SMILES string of the molecule is CCNC(Cc1ccc(Cl)s1)c1cnc(C)s1. The van der Waals surface area contributed by atoms with Gasteiger partial charge in [0.2, 0.25) is 0 Å². The Morgan fingerprint density at radius 1 is 1.41 bits per heavy atom. The van der Waals surface area contributed by atoms with Gasteiger partial charge in [-0.2, -0.15) is 0 Å². The van der Waals surface area contributed by atoms with Crippen LogP contribution in [0.5, 0.6) is 0 Å². The minimum absolute atomic E-state index is 0.348. The van der Waals surface area contributed by atoms with Crippen LogP contribution in [0.2, 0.25) is 4.34 Å². The molecule has 5 heteroatoms. The van der Waals surface area contributed by atoms with Gasteiger partial charge in [0.1, 0.15) is 0 Å². The molecule has 0 radical (unpaired) electrons. The van der Waals surface area contributed by atoms with E-state index in [1.54, 1.807) is 22.7 Å². The van der Waals surface area contributed by atoms with Crippen molar-refractivity contribution in [1.82, 2.24) is 10.3 Å². The first-order valence-corrected chi connectivity index (χ1v) is 7.60. The summed E-state index contributed by atoms with van der Waals surface area (Å²) in [6.45, 7) is 5.13. The molecule has 2 aromatic rings. The zero-order valence-corrected chi connectivity index (χ0v) is 12.3. The maximum absolute atomic E-state index is 5.96. The molecule has 1 atom stereocenters. The van der Waals surface area contributed by atoms with Crippen LogP contribution >= 0.6 is 34.3 Å². The quantitative estimate of drug-likeness (QED) is 0.896. The third-order valence-corrected chi connectivity index (χ3v) is 4.75. The van der Waals surface area contributed by atoms with Crippen LogP contribution in [0.4, 0.5) is 0 Å². The number of aromatic nitrogens is 1. The Morgan fingerprint density at radius 3 is 2.76 bits per heavy atom. The van der Waals surface area contributed by atoms with E-state index in [-0.39, 0.29) is 0 Å². The number of nitrogens with zero attached hydrogens (tertiary/aromatic N) is 1. The lowest BCUT2D eigenvalue weighted by molar-refractivity contribution is 0.561. The molecule has 0 saturated carbocycles. The molecular formula is C12H15ClN2S2. The van der Waals surface area contributed by atoms with Crippen molar-refractivity contribution in [2.45, 2.75) is 26.3 Å². The standard InChI is InChI=1S/C12H15ClN2S2/c1-3-14-10(11-7-15-8(2)16-11)6-9-4-5-12(13)17-9/h4-5,7,10,14H,3,6H2,1-2H3. The van der Waals surface area contributed by atoms with E-state index < -0.39 is 0 Å². The van der Waals surface area contributed by atoms with Gasteiger partial charge in [-0.25, -0.2) is 4.98 Å². The largest absolute Gasteiger partial charge is 0.309 e. The summed E-state index contributed by atoms with van der Waals surface area (Å²) in [6.07, 6.45) is 2.95. The topological polar surface area (TPSA) is 24.9 Å². The van der Waals surface area contributed by atoms with Crippen molar-refractivity contribution >= 4 is 34.3 Å². The Hall–Kier alpha value is -0.420. The number of aryl methyl sites for hydroxylation is 1. The molecule has 0 aliphatic carbocycles. The summed E-state index contributed by atoms with van der Waals surface area (Å²) in [4.78, 5) is 6.93. The van der Waals surface area contributed by atoms with Crippen LogP contribution in [0.25, 0.3) is 0 Å². The Morgan fingerprint density at radius 2 is 2.24 bits per heavy atom. The lowest BCUT2D eigenvalue weighted by Crippen LogP contribution is -2.21. The number of nitrogens with one attached hydrogen (secondary N) is 1. The molecule has 0 aliphatic heterocycles. The maximum atomic E-state index is 5.96. The van der Waals surface area contributed by atoms with Crippen LogP contribution in [0, 0.1) is 6.92 Å². The summed E-state index contributed by atoms with van der Waals surface area (Å²) in [5, 5.41) is 4.62. The smallest absolute Gasteiger partial charge is 0.0931 e. The fraction of sp³-hybridized carbons (Fsp3) is 0.417. The average molecular weight is 287 g/mol. The fourth-order valence-corrected chi connectivity index (χ4v) is 3.72. The third-order valence-electron chi connectivity index (χ3n) is 2.47. The predicted octanol–water partition coefficient (Wildman–Crippen LogP) is 4.06. The second-order valence-electron chi connectivity index (χ2n) is 3.80. The molecule has 0 spiro atoms. The molecule has 92 valence electrons. The number of hydrogen-bond acceptors (Lipinski definition) is 4. The van der Waals surface area contributed by atoms with E-state index >= 15 is 0 Å². The van der Waals surface area contributed by atoms with Crippen LogP contribution in [0.1, 0.15) is 27.7 Å². The zero-order valence-electron chi connectivity index (χ0n) is 9.87. The zero-order chi connectivity index (χ0) is 12.3. The van der Waals surface area contributed by atoms with Crippen molar-refractivity contribution in [1.29, 1.82) is 0 Å². The highest BCUT2D eigenvalue weighted by Gasteiger charge is 2.14. The van der Waals surface area contributed by atoms with E-state index in [2.05, 4.69) is 23.3 Å². The van der Waals surface area contributed by atoms with Gasteiger partial charge in [-0.1, -0.05) is 18.5 Å². The minimum atomic E-state index is 0.348. The van der Waals surface area contributed by atoms with E-state index in [0.29, 0.717) is 6.04 Å². The van der Waals surface area contributed by atoms with E-state index in [9.17, 15) is 0 Å². The van der Waals surface area contributed by atoms with Crippen molar-refractivity contribution in [3.8, 4) is 0 Å². The van der Waals surface area contributed by atoms with Crippen molar-refractivity contribution in [3.63, 3.8) is 0 Å². The number of likely N-dealkylation sites (N-methyl/N-ethyl adjacent to an activating group) is 1. The van der Waals surface area contributed by atoms with Gasteiger partial charge in [0.25, 0.3) is 0 Å². The second-order valence-corrected chi connectivity index (χ2v) is 6.87. The van der Waals surface area contributed by atoms with E-state index in [4.69, 9.17) is 11.6 Å². The predicted molar refractivity (Wildman–Crippen MR) is 76.3 cm³/mol. The number of hydrogen-bond donors (Lipinski definition) is 1. The minimum Gasteiger partial charge on any atom is -0.309 e. The van der Waals surface area contributed by atoms with Crippen LogP contribution < -0.4 is 5.32 Å². The van der Waals surface area contributed by atoms with Gasteiger partial charge in [0.05, 0.1) is 9.34 Å². The Balaban J connectivity index is 2.12. The van der Waals surface area contributed by atoms with Crippen molar-refractivity contribution in [3.05, 3.63) is 37.4 Å². The molecule has 2 rings (SSSR count). The van der Waals surface area contributed by atoms with Gasteiger partial charge >= 0.3 is 0 Å². The number of thiazole rings is 1. The first kappa shape index (κ1) is 13.0. The van der Waals surface area contributed by atoms with E-state index in [0.717, 1.165) is 22.3 Å². The molecule has 1 unspecified atom stereocenters. The lowest BCUT2D eigenvalue weighted by atomic mass is 10.1. The number of halogens is 1. The van der Waals surface area contributed by atoms with E-state index in [1.807, 2.05) is 19.2 Å². The molecular weight excluding hydrogens is 272 g/mol. The lowest BCUT2D eigenvalue weighted by Gasteiger charge is -2.14. The molecule has 2 heterocycles. The van der Waals surface area contributed by atoms with Crippen molar-refractivity contribution in [2.75, 3.05) is 6.54 Å². The maximum Gasteiger partial charge on any atom is 0.0931 e. The third kappa shape index (κ3) is 3.52.